The first-order valence-corrected chi connectivity index (χ1v) is 9.26. The molecule has 0 unspecified atom stereocenters. The van der Waals surface area contributed by atoms with Crippen molar-refractivity contribution in [1.82, 2.24) is 10.2 Å². The average molecular weight is 352 g/mol. The number of carbonyl (C=O) groups excluding carboxylic acids is 1. The first-order valence-electron chi connectivity index (χ1n) is 9.26. The monoisotopic (exact) mass is 352 g/mol. The second-order valence-electron chi connectivity index (χ2n) is 7.16. The minimum Gasteiger partial charge on any atom is -0.381 e. The Morgan fingerprint density at radius 1 is 1.04 bits per heavy atom. The average Bonchev–Trinajstić information content (AvgIpc) is 2.70. The number of amides is 1. The minimum atomic E-state index is -0.493. The predicted molar refractivity (Wildman–Crippen MR) is 104 cm³/mol. The Hall–Kier alpha value is -2.17. The molecule has 0 aliphatic carbocycles. The molecular weight excluding hydrogens is 324 g/mol. The molecule has 2 aromatic carbocycles. The lowest BCUT2D eigenvalue weighted by Gasteiger charge is -2.37. The number of nitrogens with one attached hydrogen (secondary N) is 1. The highest BCUT2D eigenvalue weighted by molar-refractivity contribution is 5.88. The lowest BCUT2D eigenvalue weighted by molar-refractivity contribution is -0.130. The molecule has 0 radical (unpaired) electrons. The van der Waals surface area contributed by atoms with E-state index >= 15 is 0 Å². The quantitative estimate of drug-likeness (QED) is 0.868. The molecular formula is C22H28N2O2. The predicted octanol–water partition coefficient (Wildman–Crippen LogP) is 3.15. The summed E-state index contributed by atoms with van der Waals surface area (Å²) in [5.41, 5.74) is 1.80. The molecule has 0 bridgehead atoms. The molecule has 1 fully saturated rings. The number of hydrogen-bond donors (Lipinski definition) is 1. The molecule has 0 saturated carbocycles. The molecule has 138 valence electrons. The highest BCUT2D eigenvalue weighted by Crippen LogP contribution is 2.35. The van der Waals surface area contributed by atoms with Crippen molar-refractivity contribution in [2.24, 2.45) is 0 Å². The zero-order valence-electron chi connectivity index (χ0n) is 15.7. The highest BCUT2D eigenvalue weighted by atomic mass is 16.5. The minimum absolute atomic E-state index is 0.106. The third-order valence-corrected chi connectivity index (χ3v) is 5.37. The maximum absolute atomic E-state index is 13.3. The second-order valence-corrected chi connectivity index (χ2v) is 7.16. The van der Waals surface area contributed by atoms with Crippen LogP contribution in [-0.4, -0.2) is 44.7 Å². The Morgan fingerprint density at radius 3 is 2.19 bits per heavy atom. The summed E-state index contributed by atoms with van der Waals surface area (Å²) in [6.07, 6.45) is 1.45. The molecule has 0 spiro atoms. The van der Waals surface area contributed by atoms with E-state index in [1.54, 1.807) is 0 Å². The molecule has 1 N–H and O–H groups in total. The number of carbonyl (C=O) groups is 1. The van der Waals surface area contributed by atoms with Crippen molar-refractivity contribution < 1.29 is 9.53 Å². The van der Waals surface area contributed by atoms with Gasteiger partial charge in [0.05, 0.1) is 11.5 Å². The van der Waals surface area contributed by atoms with Crippen LogP contribution in [0.4, 0.5) is 0 Å². The molecule has 1 aliphatic heterocycles. The van der Waals surface area contributed by atoms with Crippen LogP contribution in [0.15, 0.2) is 60.7 Å². The smallest absolute Gasteiger partial charge is 0.230 e. The Kier molecular flexibility index (Phi) is 6.07. The summed E-state index contributed by atoms with van der Waals surface area (Å²) < 4.78 is 5.54. The first kappa shape index (κ1) is 18.6. The van der Waals surface area contributed by atoms with Crippen LogP contribution in [0.2, 0.25) is 0 Å². The maximum atomic E-state index is 13.3. The van der Waals surface area contributed by atoms with Gasteiger partial charge in [0.1, 0.15) is 0 Å². The SMILES string of the molecule is CN(C)[C@@H](CNC(=O)C1(c2ccccc2)CCOCC1)c1ccccc1. The van der Waals surface area contributed by atoms with Crippen molar-refractivity contribution in [1.29, 1.82) is 0 Å². The number of rotatable bonds is 6. The molecule has 1 heterocycles. The lowest BCUT2D eigenvalue weighted by Crippen LogP contribution is -2.49. The van der Waals surface area contributed by atoms with Gasteiger partial charge in [0.2, 0.25) is 5.91 Å². The largest absolute Gasteiger partial charge is 0.381 e. The van der Waals surface area contributed by atoms with Gasteiger partial charge in [-0.05, 0) is 38.1 Å². The summed E-state index contributed by atoms with van der Waals surface area (Å²) in [4.78, 5) is 15.4. The number of hydrogen-bond acceptors (Lipinski definition) is 3. The van der Waals surface area contributed by atoms with E-state index in [0.29, 0.717) is 19.8 Å². The molecule has 4 nitrogen and oxygen atoms in total. The van der Waals surface area contributed by atoms with Gasteiger partial charge < -0.3 is 15.0 Å². The standard InChI is InChI=1S/C22H28N2O2/c1-24(2)20(18-9-5-3-6-10-18)17-23-21(25)22(13-15-26-16-14-22)19-11-7-4-8-12-19/h3-12,20H,13-17H2,1-2H3,(H,23,25)/t20-/m0/s1. The Balaban J connectivity index is 1.78. The summed E-state index contributed by atoms with van der Waals surface area (Å²) in [6, 6.07) is 20.6. The van der Waals surface area contributed by atoms with E-state index in [1.165, 1.54) is 5.56 Å². The molecule has 1 atom stereocenters. The zero-order chi connectivity index (χ0) is 18.4. The zero-order valence-corrected chi connectivity index (χ0v) is 15.7. The summed E-state index contributed by atoms with van der Waals surface area (Å²) in [5, 5.41) is 3.24. The topological polar surface area (TPSA) is 41.6 Å². The van der Waals surface area contributed by atoms with Gasteiger partial charge >= 0.3 is 0 Å². The van der Waals surface area contributed by atoms with Crippen LogP contribution in [0.5, 0.6) is 0 Å². The van der Waals surface area contributed by atoms with E-state index < -0.39 is 5.41 Å². The summed E-state index contributed by atoms with van der Waals surface area (Å²) >= 11 is 0. The van der Waals surface area contributed by atoms with Crippen molar-refractivity contribution in [2.75, 3.05) is 33.9 Å². The molecule has 0 aromatic heterocycles. The van der Waals surface area contributed by atoms with Crippen molar-refractivity contribution in [3.63, 3.8) is 0 Å². The van der Waals surface area contributed by atoms with Crippen LogP contribution in [0.25, 0.3) is 0 Å². The van der Waals surface area contributed by atoms with E-state index in [0.717, 1.165) is 18.4 Å². The van der Waals surface area contributed by atoms with E-state index in [-0.39, 0.29) is 11.9 Å². The van der Waals surface area contributed by atoms with Gasteiger partial charge in [-0.3, -0.25) is 4.79 Å². The van der Waals surface area contributed by atoms with Crippen LogP contribution in [0.3, 0.4) is 0 Å². The number of ether oxygens (including phenoxy) is 1. The van der Waals surface area contributed by atoms with E-state index in [9.17, 15) is 4.79 Å². The third kappa shape index (κ3) is 3.97. The maximum Gasteiger partial charge on any atom is 0.230 e. The van der Waals surface area contributed by atoms with Crippen LogP contribution < -0.4 is 5.32 Å². The van der Waals surface area contributed by atoms with Crippen molar-refractivity contribution >= 4 is 5.91 Å². The summed E-state index contributed by atoms with van der Waals surface area (Å²) in [6.45, 7) is 1.83. The number of nitrogens with zero attached hydrogens (tertiary/aromatic N) is 1. The Bertz CT molecular complexity index is 695. The number of benzene rings is 2. The van der Waals surface area contributed by atoms with Crippen LogP contribution in [-0.2, 0) is 14.9 Å². The van der Waals surface area contributed by atoms with Gasteiger partial charge in [0, 0.05) is 19.8 Å². The molecule has 1 aliphatic rings. The van der Waals surface area contributed by atoms with Gasteiger partial charge in [-0.25, -0.2) is 0 Å². The van der Waals surface area contributed by atoms with E-state index in [1.807, 2.05) is 50.5 Å². The lowest BCUT2D eigenvalue weighted by atomic mass is 9.73. The Labute approximate surface area is 156 Å². The fraction of sp³-hybridized carbons (Fsp3) is 0.409. The van der Waals surface area contributed by atoms with E-state index in [4.69, 9.17) is 4.74 Å². The highest BCUT2D eigenvalue weighted by Gasteiger charge is 2.41. The normalized spacial score (nSPS) is 17.7. The first-order chi connectivity index (χ1) is 12.6. The van der Waals surface area contributed by atoms with Gasteiger partial charge in [-0.15, -0.1) is 0 Å². The van der Waals surface area contributed by atoms with Crippen LogP contribution in [0, 0.1) is 0 Å². The van der Waals surface area contributed by atoms with Crippen molar-refractivity contribution in [3.05, 3.63) is 71.8 Å². The fourth-order valence-electron chi connectivity index (χ4n) is 3.76. The molecule has 4 heteroatoms. The number of likely N-dealkylation sites (N-methyl/N-ethyl adjacent to an activating group) is 1. The van der Waals surface area contributed by atoms with Crippen molar-refractivity contribution in [3.8, 4) is 0 Å². The molecule has 1 amide bonds. The molecule has 26 heavy (non-hydrogen) atoms. The van der Waals surface area contributed by atoms with Crippen molar-refractivity contribution in [2.45, 2.75) is 24.3 Å². The fourth-order valence-corrected chi connectivity index (χ4v) is 3.76. The second kappa shape index (κ2) is 8.47. The molecule has 1 saturated heterocycles. The summed E-state index contributed by atoms with van der Waals surface area (Å²) in [7, 11) is 4.09. The molecule has 3 rings (SSSR count). The Morgan fingerprint density at radius 2 is 1.62 bits per heavy atom. The van der Waals surface area contributed by atoms with Gasteiger partial charge in [0.15, 0.2) is 0 Å². The van der Waals surface area contributed by atoms with Gasteiger partial charge in [-0.1, -0.05) is 60.7 Å². The summed E-state index contributed by atoms with van der Waals surface area (Å²) in [5.74, 6) is 0.106. The van der Waals surface area contributed by atoms with Crippen LogP contribution >= 0.6 is 0 Å². The molecule has 2 aromatic rings. The third-order valence-electron chi connectivity index (χ3n) is 5.37. The van der Waals surface area contributed by atoms with Gasteiger partial charge in [-0.2, -0.15) is 0 Å². The van der Waals surface area contributed by atoms with Crippen LogP contribution in [0.1, 0.15) is 30.0 Å². The van der Waals surface area contributed by atoms with E-state index in [2.05, 4.69) is 34.5 Å². The van der Waals surface area contributed by atoms with Gasteiger partial charge in [0.25, 0.3) is 0 Å².